The van der Waals surface area contributed by atoms with E-state index in [9.17, 15) is 14.4 Å². The average molecular weight is 396 g/mol. The number of para-hydroxylation sites is 3. The molecule has 152 valence electrons. The Bertz CT molecular complexity index is 872. The van der Waals surface area contributed by atoms with Crippen molar-refractivity contribution in [2.24, 2.45) is 0 Å². The Morgan fingerprint density at radius 2 is 1.79 bits per heavy atom. The third kappa shape index (κ3) is 5.47. The van der Waals surface area contributed by atoms with E-state index in [2.05, 4.69) is 16.0 Å². The zero-order valence-electron chi connectivity index (χ0n) is 16.2. The van der Waals surface area contributed by atoms with Crippen molar-refractivity contribution in [1.29, 1.82) is 0 Å². The van der Waals surface area contributed by atoms with Crippen LogP contribution in [-0.2, 0) is 9.59 Å². The maximum atomic E-state index is 12.4. The number of benzene rings is 2. The van der Waals surface area contributed by atoms with Crippen LogP contribution in [0.1, 0.15) is 13.3 Å². The number of carbonyl (C=O) groups is 3. The van der Waals surface area contributed by atoms with Crippen molar-refractivity contribution >= 4 is 29.2 Å². The van der Waals surface area contributed by atoms with Crippen molar-refractivity contribution in [3.63, 3.8) is 0 Å². The summed E-state index contributed by atoms with van der Waals surface area (Å²) in [6, 6.07) is 15.4. The normalized spacial score (nSPS) is 14.9. The first kappa shape index (κ1) is 20.2. The lowest BCUT2D eigenvalue weighted by molar-refractivity contribution is -0.128. The summed E-state index contributed by atoms with van der Waals surface area (Å²) in [7, 11) is 0. The second kappa shape index (κ2) is 9.59. The number of hydrogen-bond donors (Lipinski definition) is 3. The summed E-state index contributed by atoms with van der Waals surface area (Å²) in [6.45, 7) is 2.65. The third-order valence-electron chi connectivity index (χ3n) is 4.32. The zero-order valence-corrected chi connectivity index (χ0v) is 16.2. The van der Waals surface area contributed by atoms with E-state index < -0.39 is 18.0 Å². The Kier molecular flexibility index (Phi) is 6.67. The Hall–Kier alpha value is -3.55. The molecule has 0 spiro atoms. The lowest BCUT2D eigenvalue weighted by Crippen LogP contribution is -2.52. The summed E-state index contributed by atoms with van der Waals surface area (Å²) >= 11 is 0. The topological polar surface area (TPSA) is 99.8 Å². The molecule has 4 amide bonds. The fourth-order valence-electron chi connectivity index (χ4n) is 2.98. The van der Waals surface area contributed by atoms with Crippen molar-refractivity contribution in [3.05, 3.63) is 54.6 Å². The average Bonchev–Trinajstić information content (AvgIpc) is 2.72. The van der Waals surface area contributed by atoms with Crippen LogP contribution in [0.2, 0.25) is 0 Å². The fourth-order valence-corrected chi connectivity index (χ4v) is 2.98. The smallest absolute Gasteiger partial charge is 0.325 e. The molecule has 8 nitrogen and oxygen atoms in total. The summed E-state index contributed by atoms with van der Waals surface area (Å²) in [6.07, 6.45) is 0.0833. The molecule has 1 heterocycles. The predicted molar refractivity (Wildman–Crippen MR) is 110 cm³/mol. The molecule has 2 aromatic rings. The highest BCUT2D eigenvalue weighted by Gasteiger charge is 2.31. The van der Waals surface area contributed by atoms with Gasteiger partial charge in [0.15, 0.2) is 6.10 Å². The van der Waals surface area contributed by atoms with Gasteiger partial charge in [-0.1, -0.05) is 37.3 Å². The second-order valence-corrected chi connectivity index (χ2v) is 6.61. The number of amides is 4. The number of anilines is 2. The Morgan fingerprint density at radius 3 is 2.55 bits per heavy atom. The standard InChI is InChI=1S/C21H24N4O4/c1-2-12-22-20(27)18-13-25(16-10-6-7-11-17(16)29-18)14-19(26)24-21(28)23-15-8-4-3-5-9-15/h3-11,18H,2,12-14H2,1H3,(H,22,27)(H2,23,24,26,28)/t18-/m0/s1. The highest BCUT2D eigenvalue weighted by molar-refractivity contribution is 6.02. The van der Waals surface area contributed by atoms with Gasteiger partial charge >= 0.3 is 6.03 Å². The molecule has 3 rings (SSSR count). The van der Waals surface area contributed by atoms with Crippen LogP contribution in [0, 0.1) is 0 Å². The van der Waals surface area contributed by atoms with E-state index in [0.717, 1.165) is 6.42 Å². The molecule has 0 aromatic heterocycles. The second-order valence-electron chi connectivity index (χ2n) is 6.61. The van der Waals surface area contributed by atoms with Gasteiger partial charge in [-0.3, -0.25) is 14.9 Å². The molecule has 0 radical (unpaired) electrons. The molecule has 8 heteroatoms. The van der Waals surface area contributed by atoms with E-state index in [1.807, 2.05) is 25.1 Å². The molecule has 0 unspecified atom stereocenters. The van der Waals surface area contributed by atoms with E-state index in [1.54, 1.807) is 41.3 Å². The van der Waals surface area contributed by atoms with Gasteiger partial charge in [0.1, 0.15) is 5.75 Å². The summed E-state index contributed by atoms with van der Waals surface area (Å²) < 4.78 is 5.80. The minimum Gasteiger partial charge on any atom is -0.477 e. The van der Waals surface area contributed by atoms with Crippen molar-refractivity contribution in [2.45, 2.75) is 19.4 Å². The van der Waals surface area contributed by atoms with Crippen molar-refractivity contribution in [1.82, 2.24) is 10.6 Å². The third-order valence-corrected chi connectivity index (χ3v) is 4.32. The number of carbonyl (C=O) groups excluding carboxylic acids is 3. The van der Waals surface area contributed by atoms with Crippen molar-refractivity contribution < 1.29 is 19.1 Å². The number of nitrogens with zero attached hydrogens (tertiary/aromatic N) is 1. The van der Waals surface area contributed by atoms with E-state index in [1.165, 1.54) is 0 Å². The van der Waals surface area contributed by atoms with Gasteiger partial charge in [-0.05, 0) is 30.7 Å². The first-order valence-corrected chi connectivity index (χ1v) is 9.51. The minimum absolute atomic E-state index is 0.0832. The molecular formula is C21H24N4O4. The first-order valence-electron chi connectivity index (χ1n) is 9.51. The van der Waals surface area contributed by atoms with Crippen LogP contribution in [0.15, 0.2) is 54.6 Å². The number of imide groups is 1. The molecule has 1 aliphatic heterocycles. The number of urea groups is 1. The van der Waals surface area contributed by atoms with E-state index in [4.69, 9.17) is 4.74 Å². The maximum absolute atomic E-state index is 12.4. The molecule has 0 fully saturated rings. The van der Waals surface area contributed by atoms with Crippen LogP contribution >= 0.6 is 0 Å². The number of hydrogen-bond acceptors (Lipinski definition) is 5. The van der Waals surface area contributed by atoms with Gasteiger partial charge in [-0.25, -0.2) is 4.79 Å². The van der Waals surface area contributed by atoms with Crippen LogP contribution in [0.3, 0.4) is 0 Å². The molecule has 3 N–H and O–H groups in total. The van der Waals surface area contributed by atoms with E-state index in [0.29, 0.717) is 23.7 Å². The zero-order chi connectivity index (χ0) is 20.6. The van der Waals surface area contributed by atoms with Crippen LogP contribution in [0.5, 0.6) is 5.75 Å². The fraction of sp³-hybridized carbons (Fsp3) is 0.286. The summed E-state index contributed by atoms with van der Waals surface area (Å²) in [5, 5.41) is 7.73. The van der Waals surface area contributed by atoms with Crippen molar-refractivity contribution in [2.75, 3.05) is 29.9 Å². The van der Waals surface area contributed by atoms with Crippen LogP contribution < -0.4 is 25.6 Å². The molecule has 0 bridgehead atoms. The summed E-state index contributed by atoms with van der Waals surface area (Å²) in [5.74, 6) is -0.187. The highest BCUT2D eigenvalue weighted by Crippen LogP contribution is 2.32. The van der Waals surface area contributed by atoms with Gasteiger partial charge in [-0.2, -0.15) is 0 Å². The number of rotatable bonds is 6. The largest absolute Gasteiger partial charge is 0.477 e. The van der Waals surface area contributed by atoms with E-state index in [-0.39, 0.29) is 19.0 Å². The summed E-state index contributed by atoms with van der Waals surface area (Å²) in [5.41, 5.74) is 1.29. The highest BCUT2D eigenvalue weighted by atomic mass is 16.5. The Balaban J connectivity index is 1.64. The lowest BCUT2D eigenvalue weighted by atomic mass is 10.1. The number of fused-ring (bicyclic) bond motifs is 1. The molecule has 0 saturated carbocycles. The molecule has 0 saturated heterocycles. The molecule has 1 aliphatic rings. The summed E-state index contributed by atoms with van der Waals surface area (Å²) in [4.78, 5) is 38.6. The minimum atomic E-state index is -0.734. The lowest BCUT2D eigenvalue weighted by Gasteiger charge is -2.35. The SMILES string of the molecule is CCCNC(=O)[C@@H]1CN(CC(=O)NC(=O)Nc2ccccc2)c2ccccc2O1. The quantitative estimate of drug-likeness (QED) is 0.695. The van der Waals surface area contributed by atoms with Gasteiger partial charge in [-0.15, -0.1) is 0 Å². The van der Waals surface area contributed by atoms with Gasteiger partial charge in [0.2, 0.25) is 5.91 Å². The maximum Gasteiger partial charge on any atom is 0.325 e. The Labute approximate surface area is 169 Å². The van der Waals surface area contributed by atoms with Crippen LogP contribution in [0.4, 0.5) is 16.2 Å². The molecule has 1 atom stereocenters. The molecule has 2 aromatic carbocycles. The first-order chi connectivity index (χ1) is 14.1. The predicted octanol–water partition coefficient (Wildman–Crippen LogP) is 2.13. The monoisotopic (exact) mass is 396 g/mol. The van der Waals surface area contributed by atoms with Gasteiger partial charge in [0.05, 0.1) is 18.8 Å². The molecule has 0 aliphatic carbocycles. The molecular weight excluding hydrogens is 372 g/mol. The number of ether oxygens (including phenoxy) is 1. The van der Waals surface area contributed by atoms with Gasteiger partial charge < -0.3 is 20.3 Å². The van der Waals surface area contributed by atoms with Crippen molar-refractivity contribution in [3.8, 4) is 5.75 Å². The number of nitrogens with one attached hydrogen (secondary N) is 3. The van der Waals surface area contributed by atoms with Gasteiger partial charge in [0.25, 0.3) is 5.91 Å². The van der Waals surface area contributed by atoms with Gasteiger partial charge in [0, 0.05) is 12.2 Å². The van der Waals surface area contributed by atoms with E-state index >= 15 is 0 Å². The Morgan fingerprint density at radius 1 is 1.07 bits per heavy atom. The van der Waals surface area contributed by atoms with Crippen LogP contribution in [-0.4, -0.2) is 43.6 Å². The van der Waals surface area contributed by atoms with Crippen LogP contribution in [0.25, 0.3) is 0 Å². The molecule has 29 heavy (non-hydrogen) atoms.